The van der Waals surface area contributed by atoms with Crippen molar-refractivity contribution in [2.24, 2.45) is 0 Å². The zero-order valence-corrected chi connectivity index (χ0v) is 15.1. The number of hydrogen-bond donors (Lipinski definition) is 0. The highest BCUT2D eigenvalue weighted by Crippen LogP contribution is 2.35. The van der Waals surface area contributed by atoms with Crippen LogP contribution in [0.2, 0.25) is 0 Å². The SMILES string of the molecule is O=C(Oc1cc2c(cc1OC(=O)c1ccccc1)CCC=C2)c1ccccc1. The van der Waals surface area contributed by atoms with Gasteiger partial charge in [0.1, 0.15) is 0 Å². The fourth-order valence-electron chi connectivity index (χ4n) is 3.06. The number of aryl methyl sites for hydroxylation is 1. The molecular weight excluding hydrogens is 352 g/mol. The van der Waals surface area contributed by atoms with Gasteiger partial charge in [0.2, 0.25) is 0 Å². The second-order valence-electron chi connectivity index (χ2n) is 6.45. The summed E-state index contributed by atoms with van der Waals surface area (Å²) in [7, 11) is 0. The van der Waals surface area contributed by atoms with Crippen LogP contribution in [0.1, 0.15) is 38.3 Å². The molecule has 0 heterocycles. The van der Waals surface area contributed by atoms with E-state index in [0.717, 1.165) is 24.0 Å². The van der Waals surface area contributed by atoms with Crippen molar-refractivity contribution < 1.29 is 19.1 Å². The molecule has 138 valence electrons. The molecule has 0 N–H and O–H groups in total. The third-order valence-corrected chi connectivity index (χ3v) is 4.51. The summed E-state index contributed by atoms with van der Waals surface area (Å²) in [5, 5.41) is 0. The Balaban J connectivity index is 1.67. The molecule has 0 radical (unpaired) electrons. The van der Waals surface area contributed by atoms with E-state index < -0.39 is 11.9 Å². The maximum atomic E-state index is 12.5. The minimum atomic E-state index is -0.502. The predicted octanol–water partition coefficient (Wildman–Crippen LogP) is 5.08. The molecule has 1 aliphatic carbocycles. The van der Waals surface area contributed by atoms with E-state index >= 15 is 0 Å². The van der Waals surface area contributed by atoms with Gasteiger partial charge in [0.05, 0.1) is 11.1 Å². The summed E-state index contributed by atoms with van der Waals surface area (Å²) in [5.41, 5.74) is 2.87. The van der Waals surface area contributed by atoms with Crippen LogP contribution in [0.3, 0.4) is 0 Å². The quantitative estimate of drug-likeness (QED) is 0.474. The predicted molar refractivity (Wildman–Crippen MR) is 107 cm³/mol. The fraction of sp³-hybridized carbons (Fsp3) is 0.0833. The molecule has 0 aromatic heterocycles. The molecule has 0 unspecified atom stereocenters. The van der Waals surface area contributed by atoms with Crippen LogP contribution in [0.25, 0.3) is 6.08 Å². The number of fused-ring (bicyclic) bond motifs is 1. The maximum absolute atomic E-state index is 12.5. The highest BCUT2D eigenvalue weighted by atomic mass is 16.6. The molecule has 0 spiro atoms. The number of hydrogen-bond acceptors (Lipinski definition) is 4. The fourth-order valence-corrected chi connectivity index (χ4v) is 3.06. The van der Waals surface area contributed by atoms with Crippen molar-refractivity contribution in [2.75, 3.05) is 0 Å². The van der Waals surface area contributed by atoms with E-state index in [0.29, 0.717) is 11.1 Å². The molecule has 4 nitrogen and oxygen atoms in total. The summed E-state index contributed by atoms with van der Waals surface area (Å²) >= 11 is 0. The Morgan fingerprint density at radius 3 is 1.82 bits per heavy atom. The van der Waals surface area contributed by atoms with E-state index in [1.165, 1.54) is 0 Å². The number of benzene rings is 3. The zero-order valence-electron chi connectivity index (χ0n) is 15.1. The highest BCUT2D eigenvalue weighted by molar-refractivity contribution is 5.93. The van der Waals surface area contributed by atoms with Crippen molar-refractivity contribution >= 4 is 18.0 Å². The molecule has 0 saturated carbocycles. The summed E-state index contributed by atoms with van der Waals surface area (Å²) in [6, 6.07) is 21.0. The first-order valence-electron chi connectivity index (χ1n) is 9.08. The second kappa shape index (κ2) is 7.92. The number of allylic oxidation sites excluding steroid dienone is 1. The van der Waals surface area contributed by atoms with Crippen LogP contribution < -0.4 is 9.47 Å². The Hall–Kier alpha value is -3.66. The van der Waals surface area contributed by atoms with E-state index in [1.54, 1.807) is 60.7 Å². The largest absolute Gasteiger partial charge is 0.419 e. The maximum Gasteiger partial charge on any atom is 0.343 e. The van der Waals surface area contributed by atoms with Gasteiger partial charge in [-0.3, -0.25) is 0 Å². The van der Waals surface area contributed by atoms with Crippen molar-refractivity contribution in [1.82, 2.24) is 0 Å². The third kappa shape index (κ3) is 3.86. The van der Waals surface area contributed by atoms with Crippen LogP contribution in [0.15, 0.2) is 78.9 Å². The molecule has 0 bridgehead atoms. The van der Waals surface area contributed by atoms with Gasteiger partial charge in [-0.25, -0.2) is 9.59 Å². The summed E-state index contributed by atoms with van der Waals surface area (Å²) in [5.74, 6) is -0.531. The lowest BCUT2D eigenvalue weighted by molar-refractivity contribution is 0.0682. The van der Waals surface area contributed by atoms with Gasteiger partial charge in [-0.1, -0.05) is 48.6 Å². The van der Waals surface area contributed by atoms with Crippen LogP contribution in [-0.2, 0) is 6.42 Å². The third-order valence-electron chi connectivity index (χ3n) is 4.51. The molecule has 0 aliphatic heterocycles. The average molecular weight is 370 g/mol. The van der Waals surface area contributed by atoms with Gasteiger partial charge in [0.15, 0.2) is 11.5 Å². The van der Waals surface area contributed by atoms with Gasteiger partial charge in [-0.2, -0.15) is 0 Å². The Kier molecular flexibility index (Phi) is 5.02. The lowest BCUT2D eigenvalue weighted by Crippen LogP contribution is -2.13. The van der Waals surface area contributed by atoms with Crippen LogP contribution in [-0.4, -0.2) is 11.9 Å². The van der Waals surface area contributed by atoms with Crippen LogP contribution in [0.5, 0.6) is 11.5 Å². The van der Waals surface area contributed by atoms with Crippen molar-refractivity contribution in [2.45, 2.75) is 12.8 Å². The number of rotatable bonds is 4. The number of esters is 2. The van der Waals surface area contributed by atoms with Crippen LogP contribution in [0, 0.1) is 0 Å². The molecule has 0 saturated heterocycles. The van der Waals surface area contributed by atoms with E-state index in [-0.39, 0.29) is 11.5 Å². The highest BCUT2D eigenvalue weighted by Gasteiger charge is 2.19. The summed E-state index contributed by atoms with van der Waals surface area (Å²) < 4.78 is 11.2. The molecule has 3 aromatic rings. The summed E-state index contributed by atoms with van der Waals surface area (Å²) in [6.07, 6.45) is 5.82. The van der Waals surface area contributed by atoms with Crippen LogP contribution >= 0.6 is 0 Å². The van der Waals surface area contributed by atoms with E-state index in [4.69, 9.17) is 9.47 Å². The summed E-state index contributed by atoms with van der Waals surface area (Å²) in [6.45, 7) is 0. The second-order valence-corrected chi connectivity index (χ2v) is 6.45. The lowest BCUT2D eigenvalue weighted by atomic mass is 9.97. The Bertz CT molecular complexity index is 1040. The Morgan fingerprint density at radius 2 is 1.25 bits per heavy atom. The number of carbonyl (C=O) groups excluding carboxylic acids is 2. The van der Waals surface area contributed by atoms with Crippen molar-refractivity contribution in [3.05, 3.63) is 101 Å². The molecule has 1 aliphatic rings. The average Bonchev–Trinajstić information content (AvgIpc) is 2.75. The Morgan fingerprint density at radius 1 is 0.714 bits per heavy atom. The number of carbonyl (C=O) groups is 2. The first kappa shape index (κ1) is 17.7. The topological polar surface area (TPSA) is 52.6 Å². The smallest absolute Gasteiger partial charge is 0.343 e. The van der Waals surface area contributed by atoms with Gasteiger partial charge in [0, 0.05) is 0 Å². The molecule has 0 amide bonds. The van der Waals surface area contributed by atoms with Gasteiger partial charge < -0.3 is 9.47 Å². The van der Waals surface area contributed by atoms with E-state index in [2.05, 4.69) is 6.08 Å². The first-order valence-corrected chi connectivity index (χ1v) is 9.08. The minimum Gasteiger partial charge on any atom is -0.419 e. The van der Waals surface area contributed by atoms with E-state index in [9.17, 15) is 9.59 Å². The van der Waals surface area contributed by atoms with Gasteiger partial charge >= 0.3 is 11.9 Å². The molecule has 4 rings (SSSR count). The molecule has 4 heteroatoms. The van der Waals surface area contributed by atoms with Gasteiger partial charge in [-0.15, -0.1) is 0 Å². The standard InChI is InChI=1S/C24H18O4/c25-23(17-9-3-1-4-10-17)27-21-15-19-13-7-8-14-20(19)16-22(21)28-24(26)18-11-5-2-6-12-18/h1-7,9-13,15-16H,8,14H2. The molecular formula is C24H18O4. The van der Waals surface area contributed by atoms with Crippen molar-refractivity contribution in [3.63, 3.8) is 0 Å². The van der Waals surface area contributed by atoms with E-state index in [1.807, 2.05) is 18.2 Å². The first-order chi connectivity index (χ1) is 13.7. The van der Waals surface area contributed by atoms with Gasteiger partial charge in [0.25, 0.3) is 0 Å². The summed E-state index contributed by atoms with van der Waals surface area (Å²) in [4.78, 5) is 25.0. The minimum absolute atomic E-state index is 0.225. The normalized spacial score (nSPS) is 12.1. The lowest BCUT2D eigenvalue weighted by Gasteiger charge is -2.16. The van der Waals surface area contributed by atoms with Crippen LogP contribution in [0.4, 0.5) is 0 Å². The zero-order chi connectivity index (χ0) is 19.3. The molecule has 0 fully saturated rings. The van der Waals surface area contributed by atoms with Gasteiger partial charge in [-0.05, 0) is 60.4 Å². The Labute approximate surface area is 163 Å². The molecule has 0 atom stereocenters. The monoisotopic (exact) mass is 370 g/mol. The molecule has 28 heavy (non-hydrogen) atoms. The number of ether oxygens (including phenoxy) is 2. The van der Waals surface area contributed by atoms with Crippen molar-refractivity contribution in [3.8, 4) is 11.5 Å². The molecule has 3 aromatic carbocycles. The van der Waals surface area contributed by atoms with Crippen molar-refractivity contribution in [1.29, 1.82) is 0 Å².